The Bertz CT molecular complexity index is 614. The summed E-state index contributed by atoms with van der Waals surface area (Å²) < 4.78 is 39.1. The van der Waals surface area contributed by atoms with Crippen LogP contribution >= 0.6 is 0 Å². The van der Waals surface area contributed by atoms with Crippen molar-refractivity contribution in [1.82, 2.24) is 0 Å². The fourth-order valence-corrected chi connectivity index (χ4v) is 1.74. The van der Waals surface area contributed by atoms with Gasteiger partial charge in [0.1, 0.15) is 0 Å². The first kappa shape index (κ1) is 14.1. The predicted octanol–water partition coefficient (Wildman–Crippen LogP) is 3.68. The summed E-state index contributed by atoms with van der Waals surface area (Å²) in [5.74, 6) is -4.73. The van der Waals surface area contributed by atoms with Crippen LogP contribution in [0.25, 0.3) is 0 Å². The molecule has 0 bridgehead atoms. The summed E-state index contributed by atoms with van der Waals surface area (Å²) in [6.45, 7) is 0. The number of benzene rings is 2. The van der Waals surface area contributed by atoms with Crippen molar-refractivity contribution >= 4 is 11.6 Å². The Morgan fingerprint density at radius 1 is 0.950 bits per heavy atom. The minimum absolute atomic E-state index is 0.127. The quantitative estimate of drug-likeness (QED) is 0.850. The Morgan fingerprint density at radius 3 is 2.35 bits per heavy atom. The smallest absolute Gasteiger partial charge is 0.224 e. The third kappa shape index (κ3) is 3.38. The van der Waals surface area contributed by atoms with Gasteiger partial charge in [-0.2, -0.15) is 0 Å². The summed E-state index contributed by atoms with van der Waals surface area (Å²) >= 11 is 0. The molecule has 0 saturated carbocycles. The second kappa shape index (κ2) is 6.23. The Kier molecular flexibility index (Phi) is 4.40. The van der Waals surface area contributed by atoms with E-state index < -0.39 is 23.4 Å². The number of amides is 1. The molecule has 0 aliphatic heterocycles. The molecule has 0 fully saturated rings. The van der Waals surface area contributed by atoms with E-state index >= 15 is 0 Å². The molecular formula is C15H12F3NO. The van der Waals surface area contributed by atoms with Gasteiger partial charge in [-0.25, -0.2) is 13.2 Å². The predicted molar refractivity (Wildman–Crippen MR) is 69.7 cm³/mol. The zero-order valence-corrected chi connectivity index (χ0v) is 10.5. The van der Waals surface area contributed by atoms with Gasteiger partial charge in [-0.05, 0) is 24.1 Å². The van der Waals surface area contributed by atoms with Crippen LogP contribution in [0.5, 0.6) is 0 Å². The number of rotatable bonds is 4. The average Bonchev–Trinajstić information content (AvgIpc) is 2.47. The van der Waals surface area contributed by atoms with Crippen molar-refractivity contribution in [2.24, 2.45) is 0 Å². The topological polar surface area (TPSA) is 29.1 Å². The number of hydrogen-bond acceptors (Lipinski definition) is 1. The highest BCUT2D eigenvalue weighted by atomic mass is 19.2. The van der Waals surface area contributed by atoms with Crippen molar-refractivity contribution in [2.45, 2.75) is 12.8 Å². The molecule has 0 saturated heterocycles. The molecule has 0 atom stereocenters. The van der Waals surface area contributed by atoms with Gasteiger partial charge in [0.2, 0.25) is 5.91 Å². The second-order valence-corrected chi connectivity index (χ2v) is 4.26. The van der Waals surface area contributed by atoms with Crippen LogP contribution in [-0.4, -0.2) is 5.91 Å². The minimum atomic E-state index is -1.59. The normalized spacial score (nSPS) is 10.3. The maximum absolute atomic E-state index is 13.4. The molecule has 0 aliphatic rings. The van der Waals surface area contributed by atoms with Crippen LogP contribution in [-0.2, 0) is 11.2 Å². The highest BCUT2D eigenvalue weighted by molar-refractivity contribution is 5.90. The van der Waals surface area contributed by atoms with Crippen LogP contribution in [0.15, 0.2) is 42.5 Å². The Hall–Kier alpha value is -2.30. The molecule has 0 aliphatic carbocycles. The molecule has 0 unspecified atom stereocenters. The molecule has 20 heavy (non-hydrogen) atoms. The second-order valence-electron chi connectivity index (χ2n) is 4.26. The highest BCUT2D eigenvalue weighted by Gasteiger charge is 2.14. The molecule has 5 heteroatoms. The number of anilines is 1. The summed E-state index contributed by atoms with van der Waals surface area (Å²) in [4.78, 5) is 11.6. The van der Waals surface area contributed by atoms with E-state index in [1.807, 2.05) is 30.3 Å². The monoisotopic (exact) mass is 279 g/mol. The van der Waals surface area contributed by atoms with E-state index in [1.54, 1.807) is 0 Å². The molecule has 0 aromatic heterocycles. The third-order valence-electron chi connectivity index (χ3n) is 2.79. The summed E-state index contributed by atoms with van der Waals surface area (Å²) in [6.07, 6.45) is 0.612. The van der Waals surface area contributed by atoms with Crippen LogP contribution in [0.3, 0.4) is 0 Å². The van der Waals surface area contributed by atoms with E-state index in [1.165, 1.54) is 0 Å². The number of nitrogens with one attached hydrogen (secondary N) is 1. The fraction of sp³-hybridized carbons (Fsp3) is 0.133. The van der Waals surface area contributed by atoms with E-state index in [0.717, 1.165) is 17.7 Å². The van der Waals surface area contributed by atoms with E-state index in [0.29, 0.717) is 6.42 Å². The largest absolute Gasteiger partial charge is 0.323 e. The first-order valence-electron chi connectivity index (χ1n) is 6.05. The summed E-state index contributed by atoms with van der Waals surface area (Å²) in [5.41, 5.74) is 0.607. The van der Waals surface area contributed by atoms with Crippen molar-refractivity contribution in [1.29, 1.82) is 0 Å². The first-order chi connectivity index (χ1) is 9.58. The van der Waals surface area contributed by atoms with Gasteiger partial charge in [0.15, 0.2) is 17.5 Å². The molecule has 1 amide bonds. The van der Waals surface area contributed by atoms with E-state index in [-0.39, 0.29) is 12.1 Å². The SMILES string of the molecule is O=C(CCc1ccccc1)Nc1ccc(F)c(F)c1F. The van der Waals surface area contributed by atoms with E-state index in [4.69, 9.17) is 0 Å². The number of aryl methyl sites for hydroxylation is 1. The fourth-order valence-electron chi connectivity index (χ4n) is 1.74. The molecule has 0 spiro atoms. The molecule has 2 aromatic rings. The average molecular weight is 279 g/mol. The third-order valence-corrected chi connectivity index (χ3v) is 2.79. The van der Waals surface area contributed by atoms with Gasteiger partial charge in [0.25, 0.3) is 0 Å². The van der Waals surface area contributed by atoms with Gasteiger partial charge in [-0.1, -0.05) is 30.3 Å². The van der Waals surface area contributed by atoms with Gasteiger partial charge in [-0.15, -0.1) is 0 Å². The molecule has 2 nitrogen and oxygen atoms in total. The molecule has 1 N–H and O–H groups in total. The van der Waals surface area contributed by atoms with Gasteiger partial charge in [0, 0.05) is 6.42 Å². The molecule has 0 heterocycles. The first-order valence-corrected chi connectivity index (χ1v) is 6.05. The highest BCUT2D eigenvalue weighted by Crippen LogP contribution is 2.19. The summed E-state index contributed by atoms with van der Waals surface area (Å²) in [5, 5.41) is 2.23. The van der Waals surface area contributed by atoms with Crippen molar-refractivity contribution in [2.75, 3.05) is 5.32 Å². The lowest BCUT2D eigenvalue weighted by Crippen LogP contribution is -2.14. The number of carbonyl (C=O) groups excluding carboxylic acids is 1. The van der Waals surface area contributed by atoms with Crippen molar-refractivity contribution < 1.29 is 18.0 Å². The van der Waals surface area contributed by atoms with Crippen LogP contribution < -0.4 is 5.32 Å². The van der Waals surface area contributed by atoms with Crippen molar-refractivity contribution in [3.63, 3.8) is 0 Å². The van der Waals surface area contributed by atoms with Gasteiger partial charge in [-0.3, -0.25) is 4.79 Å². The van der Waals surface area contributed by atoms with Crippen LogP contribution in [0.1, 0.15) is 12.0 Å². The van der Waals surface area contributed by atoms with Gasteiger partial charge < -0.3 is 5.32 Å². The van der Waals surface area contributed by atoms with E-state index in [9.17, 15) is 18.0 Å². The summed E-state index contributed by atoms with van der Waals surface area (Å²) in [7, 11) is 0. The zero-order valence-electron chi connectivity index (χ0n) is 10.5. The molecule has 2 aromatic carbocycles. The molecule has 104 valence electrons. The number of halogens is 3. The summed E-state index contributed by atoms with van der Waals surface area (Å²) in [6, 6.07) is 11.1. The standard InChI is InChI=1S/C15H12F3NO/c16-11-7-8-12(15(18)14(11)17)19-13(20)9-6-10-4-2-1-3-5-10/h1-5,7-8H,6,9H2,(H,19,20). The van der Waals surface area contributed by atoms with Gasteiger partial charge >= 0.3 is 0 Å². The maximum Gasteiger partial charge on any atom is 0.224 e. The Labute approximate surface area is 114 Å². The number of hydrogen-bond donors (Lipinski definition) is 1. The lowest BCUT2D eigenvalue weighted by atomic mass is 10.1. The Morgan fingerprint density at radius 2 is 1.65 bits per heavy atom. The lowest BCUT2D eigenvalue weighted by Gasteiger charge is -2.07. The van der Waals surface area contributed by atoms with Crippen molar-refractivity contribution in [3.05, 3.63) is 65.5 Å². The Balaban J connectivity index is 1.97. The van der Waals surface area contributed by atoms with Crippen LogP contribution in [0.4, 0.5) is 18.9 Å². The maximum atomic E-state index is 13.4. The lowest BCUT2D eigenvalue weighted by molar-refractivity contribution is -0.116. The molecular weight excluding hydrogens is 267 g/mol. The van der Waals surface area contributed by atoms with Crippen LogP contribution in [0, 0.1) is 17.5 Å². The number of carbonyl (C=O) groups is 1. The van der Waals surface area contributed by atoms with Crippen molar-refractivity contribution in [3.8, 4) is 0 Å². The van der Waals surface area contributed by atoms with Gasteiger partial charge in [0.05, 0.1) is 5.69 Å². The minimum Gasteiger partial charge on any atom is -0.323 e. The zero-order chi connectivity index (χ0) is 14.5. The van der Waals surface area contributed by atoms with E-state index in [2.05, 4.69) is 5.32 Å². The molecule has 0 radical (unpaired) electrons. The molecule has 2 rings (SSSR count). The van der Waals surface area contributed by atoms with Crippen LogP contribution in [0.2, 0.25) is 0 Å².